The number of fused-ring (bicyclic) bond motifs is 4. The highest BCUT2D eigenvalue weighted by Gasteiger charge is 2.52. The lowest BCUT2D eigenvalue weighted by molar-refractivity contribution is 0.00578. The molecule has 216 valence electrons. The van der Waals surface area contributed by atoms with Crippen LogP contribution in [0.5, 0.6) is 0 Å². The normalized spacial score (nSPS) is 21.0. The Morgan fingerprint density at radius 2 is 1.09 bits per heavy atom. The molecular weight excluding hydrogens is 555 g/mol. The summed E-state index contributed by atoms with van der Waals surface area (Å²) in [6, 6.07) is 51.5. The van der Waals surface area contributed by atoms with Crippen molar-refractivity contribution < 1.29 is 9.31 Å². The van der Waals surface area contributed by atoms with Crippen molar-refractivity contribution in [3.8, 4) is 22.3 Å². The summed E-state index contributed by atoms with van der Waals surface area (Å²) in [5.74, 6) is 0. The van der Waals surface area contributed by atoms with Crippen molar-refractivity contribution in [1.82, 2.24) is 0 Å². The lowest BCUT2D eigenvalue weighted by Crippen LogP contribution is -2.41. The van der Waals surface area contributed by atoms with Gasteiger partial charge in [-0.05, 0) is 96.5 Å². The zero-order valence-electron chi connectivity index (χ0n) is 25.6. The van der Waals surface area contributed by atoms with Crippen LogP contribution in [-0.4, -0.2) is 18.3 Å². The van der Waals surface area contributed by atoms with Gasteiger partial charge in [0.15, 0.2) is 0 Å². The topological polar surface area (TPSA) is 18.5 Å². The summed E-state index contributed by atoms with van der Waals surface area (Å²) in [6.45, 7) is 8.46. The summed E-state index contributed by atoms with van der Waals surface area (Å²) < 4.78 is 13.1. The van der Waals surface area contributed by atoms with Crippen LogP contribution < -0.4 is 5.46 Å². The van der Waals surface area contributed by atoms with Crippen molar-refractivity contribution in [2.75, 3.05) is 0 Å². The quantitative estimate of drug-likeness (QED) is 0.190. The highest BCUT2D eigenvalue weighted by molar-refractivity contribution is 8.34. The zero-order valence-corrected chi connectivity index (χ0v) is 26.4. The minimum absolute atomic E-state index is 0.411. The van der Waals surface area contributed by atoms with Gasteiger partial charge in [-0.25, -0.2) is 0 Å². The molecule has 2 nitrogen and oxygen atoms in total. The van der Waals surface area contributed by atoms with Crippen molar-refractivity contribution in [3.63, 3.8) is 0 Å². The first-order valence-electron chi connectivity index (χ1n) is 15.4. The molecule has 2 heterocycles. The van der Waals surface area contributed by atoms with Gasteiger partial charge in [0, 0.05) is 19.6 Å². The molecule has 8 rings (SSSR count). The van der Waals surface area contributed by atoms with Gasteiger partial charge in [-0.15, -0.1) is 10.0 Å². The molecule has 44 heavy (non-hydrogen) atoms. The second kappa shape index (κ2) is 9.97. The molecule has 1 atom stereocenters. The Hall–Kier alpha value is -4.09. The predicted molar refractivity (Wildman–Crippen MR) is 184 cm³/mol. The predicted octanol–water partition coefficient (Wildman–Crippen LogP) is 10.1. The summed E-state index contributed by atoms with van der Waals surface area (Å²) in [5.41, 5.74) is 5.19. The zero-order chi connectivity index (χ0) is 30.1. The van der Waals surface area contributed by atoms with Crippen LogP contribution in [0.15, 0.2) is 159 Å². The van der Waals surface area contributed by atoms with E-state index in [1.54, 1.807) is 0 Å². The second-order valence-electron chi connectivity index (χ2n) is 12.8. The lowest BCUT2D eigenvalue weighted by atomic mass is 9.74. The maximum Gasteiger partial charge on any atom is 0.495 e. The van der Waals surface area contributed by atoms with Crippen LogP contribution in [0, 0.1) is 0 Å². The highest BCUT2D eigenvalue weighted by Crippen LogP contribution is 2.80. The third kappa shape index (κ3) is 3.91. The van der Waals surface area contributed by atoms with Gasteiger partial charge in [-0.3, -0.25) is 0 Å². The van der Waals surface area contributed by atoms with Gasteiger partial charge in [0.1, 0.15) is 0 Å². The monoisotopic (exact) mass is 590 g/mol. The maximum atomic E-state index is 6.57. The SMILES string of the molecule is CC1(C)OB(c2ccccc2-c2ccc3c(c2)S(c2ccccc2)(c2cccc4ccccc24)c2ccccc2-3)OC1(C)C. The standard InChI is InChI=1S/C40H35BO2S/c1-39(2)40(3,4)43-41(42-39)35-22-12-10-19-31(35)29-25-26-34-33-21-11-13-23-37(33)44(38(34)27-29,30-17-6-5-7-18-30)36-24-14-16-28-15-8-9-20-32(28)36/h5-27H,1-4H3. The van der Waals surface area contributed by atoms with Crippen LogP contribution in [0.1, 0.15) is 27.7 Å². The van der Waals surface area contributed by atoms with Crippen molar-refractivity contribution in [3.05, 3.63) is 140 Å². The average Bonchev–Trinajstić information content (AvgIpc) is 3.47. The fourth-order valence-corrected chi connectivity index (χ4v) is 11.3. The maximum absolute atomic E-state index is 6.57. The Morgan fingerprint density at radius 1 is 0.500 bits per heavy atom. The number of hydrogen-bond donors (Lipinski definition) is 0. The second-order valence-corrected chi connectivity index (χ2v) is 15.8. The van der Waals surface area contributed by atoms with Crippen molar-refractivity contribution >= 4 is 33.4 Å². The molecule has 0 bridgehead atoms. The van der Waals surface area contributed by atoms with Gasteiger partial charge in [0.2, 0.25) is 0 Å². The summed E-state index contributed by atoms with van der Waals surface area (Å²) in [6.07, 6.45) is 0. The Morgan fingerprint density at radius 3 is 1.89 bits per heavy atom. The minimum Gasteiger partial charge on any atom is -0.399 e. The molecule has 1 unspecified atom stereocenters. The molecule has 0 radical (unpaired) electrons. The Balaban J connectivity index is 1.42. The first-order valence-corrected chi connectivity index (χ1v) is 17.0. The third-order valence-electron chi connectivity index (χ3n) is 9.77. The molecular formula is C40H35BO2S. The first kappa shape index (κ1) is 27.5. The fraction of sp³-hybridized carbons (Fsp3) is 0.150. The lowest BCUT2D eigenvalue weighted by Gasteiger charge is -2.40. The molecule has 0 N–H and O–H groups in total. The van der Waals surface area contributed by atoms with E-state index in [4.69, 9.17) is 9.31 Å². The number of hydrogen-bond acceptors (Lipinski definition) is 2. The summed E-state index contributed by atoms with van der Waals surface area (Å²) >= 11 is 0. The van der Waals surface area contributed by atoms with Crippen LogP contribution in [0.4, 0.5) is 0 Å². The summed E-state index contributed by atoms with van der Waals surface area (Å²) in [5, 5.41) is 2.57. The molecule has 4 heteroatoms. The first-order chi connectivity index (χ1) is 21.3. The van der Waals surface area contributed by atoms with Gasteiger partial charge in [-0.1, -0.05) is 109 Å². The average molecular weight is 591 g/mol. The van der Waals surface area contributed by atoms with Crippen LogP contribution in [0.25, 0.3) is 33.0 Å². The van der Waals surface area contributed by atoms with Crippen LogP contribution in [0.3, 0.4) is 0 Å². The van der Waals surface area contributed by atoms with Gasteiger partial charge >= 0.3 is 7.12 Å². The van der Waals surface area contributed by atoms with E-state index in [2.05, 4.69) is 167 Å². The highest BCUT2D eigenvalue weighted by atomic mass is 32.3. The largest absolute Gasteiger partial charge is 0.495 e. The Bertz CT molecular complexity index is 2030. The molecule has 2 aliphatic rings. The number of rotatable bonds is 4. The van der Waals surface area contributed by atoms with Crippen LogP contribution in [-0.2, 0) is 9.31 Å². The van der Waals surface area contributed by atoms with Crippen molar-refractivity contribution in [2.24, 2.45) is 0 Å². The van der Waals surface area contributed by atoms with Crippen molar-refractivity contribution in [1.29, 1.82) is 0 Å². The molecule has 2 aliphatic heterocycles. The molecule has 0 spiro atoms. The van der Waals surface area contributed by atoms with E-state index in [1.807, 2.05) is 0 Å². The molecule has 6 aromatic carbocycles. The van der Waals surface area contributed by atoms with Gasteiger partial charge < -0.3 is 9.31 Å². The Kier molecular flexibility index (Phi) is 6.22. The molecule has 0 aliphatic carbocycles. The van der Waals surface area contributed by atoms with E-state index in [1.165, 1.54) is 47.0 Å². The molecule has 1 fully saturated rings. The molecule has 1 saturated heterocycles. The summed E-state index contributed by atoms with van der Waals surface area (Å²) in [7, 11) is -2.26. The van der Waals surface area contributed by atoms with E-state index in [-0.39, 0.29) is 0 Å². The van der Waals surface area contributed by atoms with Crippen molar-refractivity contribution in [2.45, 2.75) is 58.5 Å². The van der Waals surface area contributed by atoms with Crippen LogP contribution >= 0.6 is 10.0 Å². The van der Waals surface area contributed by atoms with E-state index in [0.717, 1.165) is 11.0 Å². The van der Waals surface area contributed by atoms with E-state index < -0.39 is 28.3 Å². The fourth-order valence-electron chi connectivity index (χ4n) is 6.88. The molecule has 0 aromatic heterocycles. The van der Waals surface area contributed by atoms with E-state index >= 15 is 0 Å². The Labute approximate surface area is 262 Å². The van der Waals surface area contributed by atoms with Gasteiger partial charge in [0.05, 0.1) is 11.2 Å². The van der Waals surface area contributed by atoms with Crippen LogP contribution in [0.2, 0.25) is 0 Å². The molecule has 6 aromatic rings. The van der Waals surface area contributed by atoms with E-state index in [0.29, 0.717) is 0 Å². The smallest absolute Gasteiger partial charge is 0.399 e. The third-order valence-corrected chi connectivity index (χ3v) is 13.8. The van der Waals surface area contributed by atoms with Gasteiger partial charge in [-0.2, -0.15) is 0 Å². The van der Waals surface area contributed by atoms with Gasteiger partial charge in [0.25, 0.3) is 0 Å². The minimum atomic E-state index is -1.83. The molecule has 0 saturated carbocycles. The molecule has 0 amide bonds. The summed E-state index contributed by atoms with van der Waals surface area (Å²) in [4.78, 5) is 5.50. The van der Waals surface area contributed by atoms with E-state index in [9.17, 15) is 0 Å². The number of benzene rings is 6.